The molecule has 8 nitrogen and oxygen atoms in total. The molecule has 3 rings (SSSR count). The van der Waals surface area contributed by atoms with Crippen molar-refractivity contribution >= 4 is 11.4 Å². The molecular weight excluding hydrogens is 360 g/mol. The van der Waals surface area contributed by atoms with E-state index in [1.165, 1.54) is 12.1 Å². The van der Waals surface area contributed by atoms with E-state index >= 15 is 0 Å². The second-order valence-electron chi connectivity index (χ2n) is 6.02. The second kappa shape index (κ2) is 8.21. The largest absolute Gasteiger partial charge is 0.457 e. The molecule has 0 fully saturated rings. The van der Waals surface area contributed by atoms with Crippen LogP contribution >= 0.6 is 0 Å². The maximum Gasteiger partial charge on any atom is 0.273 e. The van der Waals surface area contributed by atoms with Crippen LogP contribution in [-0.4, -0.2) is 24.2 Å². The van der Waals surface area contributed by atoms with Crippen molar-refractivity contribution in [3.05, 3.63) is 69.9 Å². The van der Waals surface area contributed by atoms with Crippen LogP contribution in [0.25, 0.3) is 0 Å². The molecule has 0 radical (unpaired) electrons. The molecule has 1 heterocycles. The maximum atomic E-state index is 10.9. The highest BCUT2D eigenvalue weighted by molar-refractivity contribution is 5.58. The molecule has 1 atom stereocenters. The molecule has 1 aliphatic heterocycles. The van der Waals surface area contributed by atoms with Gasteiger partial charge in [0.15, 0.2) is 0 Å². The summed E-state index contributed by atoms with van der Waals surface area (Å²) in [6, 6.07) is 17.1. The van der Waals surface area contributed by atoms with Gasteiger partial charge in [0, 0.05) is 11.8 Å². The molecule has 28 heavy (non-hydrogen) atoms. The third kappa shape index (κ3) is 3.93. The van der Waals surface area contributed by atoms with Gasteiger partial charge >= 0.3 is 0 Å². The first-order chi connectivity index (χ1) is 13.5. The molecule has 0 bridgehead atoms. The topological polar surface area (TPSA) is 112 Å². The Balaban J connectivity index is 1.84. The van der Waals surface area contributed by atoms with Gasteiger partial charge in [-0.25, -0.2) is 0 Å². The number of ether oxygens (including phenoxy) is 2. The van der Waals surface area contributed by atoms with Gasteiger partial charge in [0.05, 0.1) is 47.1 Å². The Hall–Kier alpha value is -3.88. The molecule has 0 aliphatic carbocycles. The fraction of sp³-hybridized carbons (Fsp3) is 0.200. The van der Waals surface area contributed by atoms with E-state index in [2.05, 4.69) is 12.1 Å². The van der Waals surface area contributed by atoms with E-state index in [-0.39, 0.29) is 24.9 Å². The Morgan fingerprint density at radius 1 is 1.25 bits per heavy atom. The zero-order chi connectivity index (χ0) is 20.1. The number of hydrogen-bond donors (Lipinski definition) is 0. The lowest BCUT2D eigenvalue weighted by Crippen LogP contribution is -2.24. The van der Waals surface area contributed by atoms with Crippen molar-refractivity contribution in [3.8, 4) is 23.6 Å². The van der Waals surface area contributed by atoms with Crippen LogP contribution in [0.5, 0.6) is 11.5 Å². The van der Waals surface area contributed by atoms with Gasteiger partial charge in [-0.05, 0) is 37.3 Å². The summed E-state index contributed by atoms with van der Waals surface area (Å²) in [5.41, 5.74) is 1.84. The van der Waals surface area contributed by atoms with E-state index in [0.29, 0.717) is 28.5 Å². The average Bonchev–Trinajstić information content (AvgIpc) is 3.07. The number of hydrogen-bond acceptors (Lipinski definition) is 7. The monoisotopic (exact) mass is 376 g/mol. The molecule has 0 spiro atoms. The normalized spacial score (nSPS) is 15.6. The van der Waals surface area contributed by atoms with Gasteiger partial charge in [-0.3, -0.25) is 10.1 Å². The first-order valence-electron chi connectivity index (χ1n) is 8.45. The minimum atomic E-state index is -0.485. The number of benzene rings is 2. The van der Waals surface area contributed by atoms with Crippen molar-refractivity contribution in [1.29, 1.82) is 10.5 Å². The summed E-state index contributed by atoms with van der Waals surface area (Å²) in [5.74, 6) is 0.843. The molecule has 1 aliphatic rings. The van der Waals surface area contributed by atoms with Crippen LogP contribution in [0.3, 0.4) is 0 Å². The third-order valence-corrected chi connectivity index (χ3v) is 4.28. The Morgan fingerprint density at radius 2 is 2.00 bits per heavy atom. The first-order valence-corrected chi connectivity index (χ1v) is 8.45. The summed E-state index contributed by atoms with van der Waals surface area (Å²) >= 11 is 0. The molecule has 2 aromatic carbocycles. The molecule has 0 amide bonds. The molecule has 0 saturated carbocycles. The van der Waals surface area contributed by atoms with Crippen molar-refractivity contribution in [3.63, 3.8) is 0 Å². The SMILES string of the molecule is CC1OCC(N(CC#N)c2ccc(Oc3cccc([N+](=O)[O-])c3)cc2)=C1C#N. The van der Waals surface area contributed by atoms with Gasteiger partial charge in [0.25, 0.3) is 5.69 Å². The van der Waals surface area contributed by atoms with Crippen LogP contribution in [-0.2, 0) is 4.74 Å². The molecule has 8 heteroatoms. The highest BCUT2D eigenvalue weighted by Crippen LogP contribution is 2.31. The quantitative estimate of drug-likeness (QED) is 0.426. The smallest absolute Gasteiger partial charge is 0.273 e. The summed E-state index contributed by atoms with van der Waals surface area (Å²) < 4.78 is 11.2. The number of non-ortho nitro benzene ring substituents is 1. The highest BCUT2D eigenvalue weighted by atomic mass is 16.6. The van der Waals surface area contributed by atoms with E-state index < -0.39 is 4.92 Å². The maximum absolute atomic E-state index is 10.9. The fourth-order valence-electron chi connectivity index (χ4n) is 2.88. The highest BCUT2D eigenvalue weighted by Gasteiger charge is 2.27. The lowest BCUT2D eigenvalue weighted by molar-refractivity contribution is -0.384. The lowest BCUT2D eigenvalue weighted by Gasteiger charge is -2.23. The van der Waals surface area contributed by atoms with Gasteiger partial charge < -0.3 is 14.4 Å². The van der Waals surface area contributed by atoms with Crippen LogP contribution in [0.4, 0.5) is 11.4 Å². The van der Waals surface area contributed by atoms with Crippen molar-refractivity contribution in [1.82, 2.24) is 0 Å². The molecule has 2 aromatic rings. The van der Waals surface area contributed by atoms with Crippen LogP contribution in [0.2, 0.25) is 0 Å². The average molecular weight is 376 g/mol. The predicted octanol–water partition coefficient (Wildman–Crippen LogP) is 3.91. The van der Waals surface area contributed by atoms with Crippen LogP contribution < -0.4 is 9.64 Å². The predicted molar refractivity (Wildman–Crippen MR) is 101 cm³/mol. The van der Waals surface area contributed by atoms with Gasteiger partial charge in [0.1, 0.15) is 18.0 Å². The lowest BCUT2D eigenvalue weighted by atomic mass is 10.1. The molecule has 140 valence electrons. The van der Waals surface area contributed by atoms with E-state index in [1.54, 1.807) is 48.2 Å². The summed E-state index contributed by atoms with van der Waals surface area (Å²) in [6.07, 6.45) is -0.308. The summed E-state index contributed by atoms with van der Waals surface area (Å²) in [5, 5.41) is 29.4. The molecule has 0 aromatic heterocycles. The zero-order valence-corrected chi connectivity index (χ0v) is 15.0. The molecule has 0 N–H and O–H groups in total. The molecule has 0 saturated heterocycles. The summed E-state index contributed by atoms with van der Waals surface area (Å²) in [4.78, 5) is 12.1. The Labute approximate surface area is 161 Å². The minimum Gasteiger partial charge on any atom is -0.457 e. The Kier molecular flexibility index (Phi) is 5.54. The number of nitro benzene ring substituents is 1. The summed E-state index contributed by atoms with van der Waals surface area (Å²) in [6.45, 7) is 2.13. The Bertz CT molecular complexity index is 1000. The van der Waals surface area contributed by atoms with E-state index in [4.69, 9.17) is 9.47 Å². The number of anilines is 1. The number of nitriles is 2. The van der Waals surface area contributed by atoms with E-state index in [9.17, 15) is 20.6 Å². The van der Waals surface area contributed by atoms with Gasteiger partial charge in [0.2, 0.25) is 0 Å². The van der Waals surface area contributed by atoms with E-state index in [0.717, 1.165) is 0 Å². The third-order valence-electron chi connectivity index (χ3n) is 4.28. The summed E-state index contributed by atoms with van der Waals surface area (Å²) in [7, 11) is 0. The van der Waals surface area contributed by atoms with Crippen molar-refractivity contribution in [2.75, 3.05) is 18.1 Å². The standard InChI is InChI=1S/C20H16N4O4/c1-14-19(12-22)20(13-27-14)23(10-9-21)15-5-7-17(8-6-15)28-18-4-2-3-16(11-18)24(25)26/h2-8,11,14H,10,13H2,1H3. The van der Waals surface area contributed by atoms with Crippen LogP contribution in [0, 0.1) is 32.8 Å². The molecular formula is C20H16N4O4. The van der Waals surface area contributed by atoms with Gasteiger partial charge in [-0.1, -0.05) is 6.07 Å². The van der Waals surface area contributed by atoms with Crippen molar-refractivity contribution < 1.29 is 14.4 Å². The first kappa shape index (κ1) is 18.9. The van der Waals surface area contributed by atoms with Gasteiger partial charge in [-0.15, -0.1) is 0 Å². The fourth-order valence-corrected chi connectivity index (χ4v) is 2.88. The van der Waals surface area contributed by atoms with Crippen LogP contribution in [0.1, 0.15) is 6.92 Å². The number of nitro groups is 1. The van der Waals surface area contributed by atoms with Gasteiger partial charge in [-0.2, -0.15) is 10.5 Å². The van der Waals surface area contributed by atoms with Crippen molar-refractivity contribution in [2.24, 2.45) is 0 Å². The van der Waals surface area contributed by atoms with E-state index in [1.807, 2.05) is 0 Å². The Morgan fingerprint density at radius 3 is 2.64 bits per heavy atom. The minimum absolute atomic E-state index is 0.0550. The number of rotatable bonds is 6. The molecule has 1 unspecified atom stereocenters. The van der Waals surface area contributed by atoms with Crippen LogP contribution in [0.15, 0.2) is 59.8 Å². The number of nitrogens with zero attached hydrogens (tertiary/aromatic N) is 4. The second-order valence-corrected chi connectivity index (χ2v) is 6.02. The zero-order valence-electron chi connectivity index (χ0n) is 15.0. The van der Waals surface area contributed by atoms with Crippen molar-refractivity contribution in [2.45, 2.75) is 13.0 Å².